The highest BCUT2D eigenvalue weighted by atomic mass is 32.2. The number of urea groups is 1. The molecule has 0 rings (SSSR count). The molecule has 0 saturated carbocycles. The Balaban J connectivity index is 3.65. The lowest BCUT2D eigenvalue weighted by Crippen LogP contribution is -2.43. The largest absolute Gasteiger partial charge is 0.481 e. The van der Waals surface area contributed by atoms with E-state index in [0.717, 1.165) is 11.8 Å². The lowest BCUT2D eigenvalue weighted by Gasteiger charge is -2.08. The molecule has 7 heteroatoms. The Kier molecular flexibility index (Phi) is 6.52. The van der Waals surface area contributed by atoms with Crippen LogP contribution in [0.4, 0.5) is 4.79 Å². The fourth-order valence-corrected chi connectivity index (χ4v) is 1.23. The number of rotatable bonds is 5. The molecule has 0 radical (unpaired) electrons. The number of hydrogen-bond donors (Lipinski definition) is 3. The van der Waals surface area contributed by atoms with Crippen LogP contribution in [0, 0.1) is 0 Å². The van der Waals surface area contributed by atoms with Gasteiger partial charge in [-0.3, -0.25) is 14.9 Å². The molecule has 3 N–H and O–H groups in total. The van der Waals surface area contributed by atoms with E-state index >= 15 is 0 Å². The minimum absolute atomic E-state index is 0.0438. The van der Waals surface area contributed by atoms with Crippen LogP contribution >= 0.6 is 11.8 Å². The number of carboxylic acids is 1. The van der Waals surface area contributed by atoms with Crippen molar-refractivity contribution in [3.8, 4) is 0 Å². The SMILES string of the molecule is CC(C)NC(=O)NC(=O)CSCC(=O)O. The molecule has 0 bridgehead atoms. The molecule has 3 amide bonds. The highest BCUT2D eigenvalue weighted by Gasteiger charge is 2.08. The van der Waals surface area contributed by atoms with E-state index in [-0.39, 0.29) is 17.5 Å². The van der Waals surface area contributed by atoms with Crippen molar-refractivity contribution in [1.82, 2.24) is 10.6 Å². The van der Waals surface area contributed by atoms with Crippen molar-refractivity contribution in [1.29, 1.82) is 0 Å². The molecule has 0 unspecified atom stereocenters. The molecule has 86 valence electrons. The van der Waals surface area contributed by atoms with Gasteiger partial charge in [-0.05, 0) is 13.8 Å². The molecular weight excluding hydrogens is 220 g/mol. The quantitative estimate of drug-likeness (QED) is 0.624. The van der Waals surface area contributed by atoms with Gasteiger partial charge >= 0.3 is 12.0 Å². The molecule has 15 heavy (non-hydrogen) atoms. The molecule has 0 aliphatic carbocycles. The van der Waals surface area contributed by atoms with Crippen LogP contribution in [0.1, 0.15) is 13.8 Å². The zero-order valence-corrected chi connectivity index (χ0v) is 9.39. The molecule has 0 saturated heterocycles. The molecule has 0 aliphatic heterocycles. The summed E-state index contributed by atoms with van der Waals surface area (Å²) in [5, 5.41) is 12.9. The first-order valence-electron chi connectivity index (χ1n) is 4.31. The summed E-state index contributed by atoms with van der Waals surface area (Å²) in [6, 6.07) is -0.615. The van der Waals surface area contributed by atoms with E-state index in [1.165, 1.54) is 0 Å². The Hall–Kier alpha value is -1.24. The summed E-state index contributed by atoms with van der Waals surface area (Å²) < 4.78 is 0. The first-order chi connectivity index (χ1) is 6.91. The smallest absolute Gasteiger partial charge is 0.321 e. The second kappa shape index (κ2) is 7.10. The predicted octanol–water partition coefficient (Wildman–Crippen LogP) is 0.0384. The molecule has 6 nitrogen and oxygen atoms in total. The van der Waals surface area contributed by atoms with Gasteiger partial charge in [-0.2, -0.15) is 0 Å². The zero-order valence-electron chi connectivity index (χ0n) is 8.57. The van der Waals surface area contributed by atoms with Crippen molar-refractivity contribution in [3.05, 3.63) is 0 Å². The Morgan fingerprint density at radius 1 is 1.27 bits per heavy atom. The first-order valence-corrected chi connectivity index (χ1v) is 5.47. The number of thioether (sulfide) groups is 1. The van der Waals surface area contributed by atoms with E-state index in [9.17, 15) is 14.4 Å². The van der Waals surface area contributed by atoms with Crippen molar-refractivity contribution >= 4 is 29.7 Å². The summed E-state index contributed by atoms with van der Waals surface area (Å²) in [4.78, 5) is 32.1. The van der Waals surface area contributed by atoms with Crippen molar-refractivity contribution in [3.63, 3.8) is 0 Å². The van der Waals surface area contributed by atoms with Gasteiger partial charge in [0.05, 0.1) is 11.5 Å². The topological polar surface area (TPSA) is 95.5 Å². The second-order valence-corrected chi connectivity index (χ2v) is 4.05. The number of carbonyl (C=O) groups is 3. The molecule has 0 aromatic rings. The average Bonchev–Trinajstić information content (AvgIpc) is 2.00. The Labute approximate surface area is 91.8 Å². The van der Waals surface area contributed by atoms with E-state index in [0.29, 0.717) is 0 Å². The van der Waals surface area contributed by atoms with Crippen molar-refractivity contribution in [2.45, 2.75) is 19.9 Å². The average molecular weight is 234 g/mol. The summed E-state index contributed by atoms with van der Waals surface area (Å²) in [5.41, 5.74) is 0. The highest BCUT2D eigenvalue weighted by Crippen LogP contribution is 1.97. The highest BCUT2D eigenvalue weighted by molar-refractivity contribution is 8.00. The monoisotopic (exact) mass is 234 g/mol. The second-order valence-electron chi connectivity index (χ2n) is 3.06. The van der Waals surface area contributed by atoms with E-state index in [4.69, 9.17) is 5.11 Å². The molecule has 0 aromatic heterocycles. The number of nitrogens with one attached hydrogen (secondary N) is 2. The van der Waals surface area contributed by atoms with Gasteiger partial charge < -0.3 is 10.4 Å². The molecule has 0 aliphatic rings. The van der Waals surface area contributed by atoms with Crippen LogP contribution in [-0.4, -0.2) is 40.6 Å². The van der Waals surface area contributed by atoms with E-state index in [2.05, 4.69) is 10.6 Å². The van der Waals surface area contributed by atoms with Crippen LogP contribution in [-0.2, 0) is 9.59 Å². The fourth-order valence-electron chi connectivity index (χ4n) is 0.692. The number of hydrogen-bond acceptors (Lipinski definition) is 4. The van der Waals surface area contributed by atoms with Crippen molar-refractivity contribution in [2.24, 2.45) is 0 Å². The van der Waals surface area contributed by atoms with Crippen molar-refractivity contribution in [2.75, 3.05) is 11.5 Å². The molecule has 0 heterocycles. The Morgan fingerprint density at radius 2 is 1.87 bits per heavy atom. The summed E-state index contributed by atoms with van der Waals surface area (Å²) in [5.74, 6) is -1.68. The third kappa shape index (κ3) is 9.07. The normalized spacial score (nSPS) is 9.80. The maximum Gasteiger partial charge on any atom is 0.321 e. The lowest BCUT2D eigenvalue weighted by molar-refractivity contribution is -0.133. The predicted molar refractivity (Wildman–Crippen MR) is 56.8 cm³/mol. The molecule has 0 aromatic carbocycles. The number of amides is 3. The van der Waals surface area contributed by atoms with Crippen LogP contribution in [0.25, 0.3) is 0 Å². The summed E-state index contributed by atoms with van der Waals surface area (Å²) in [7, 11) is 0. The molecule has 0 atom stereocenters. The Morgan fingerprint density at radius 3 is 2.33 bits per heavy atom. The van der Waals surface area contributed by atoms with Gasteiger partial charge in [0.1, 0.15) is 0 Å². The van der Waals surface area contributed by atoms with Crippen molar-refractivity contribution < 1.29 is 19.5 Å². The van der Waals surface area contributed by atoms with Crippen LogP contribution < -0.4 is 10.6 Å². The van der Waals surface area contributed by atoms with E-state index in [1.54, 1.807) is 13.8 Å². The third-order valence-electron chi connectivity index (χ3n) is 1.13. The fraction of sp³-hybridized carbons (Fsp3) is 0.625. The van der Waals surface area contributed by atoms with Gasteiger partial charge in [-0.15, -0.1) is 11.8 Å². The van der Waals surface area contributed by atoms with Gasteiger partial charge in [0.25, 0.3) is 0 Å². The van der Waals surface area contributed by atoms with E-state index < -0.39 is 17.9 Å². The minimum atomic E-state index is -0.987. The first kappa shape index (κ1) is 13.8. The number of carbonyl (C=O) groups excluding carboxylic acids is 2. The maximum atomic E-state index is 11.0. The van der Waals surface area contributed by atoms with Crippen LogP contribution in [0.3, 0.4) is 0 Å². The molecular formula is C8H14N2O4S. The Bertz CT molecular complexity index is 255. The van der Waals surface area contributed by atoms with Crippen LogP contribution in [0.2, 0.25) is 0 Å². The summed E-state index contributed by atoms with van der Waals surface area (Å²) >= 11 is 0.939. The van der Waals surface area contributed by atoms with Gasteiger partial charge in [-0.25, -0.2) is 4.79 Å². The van der Waals surface area contributed by atoms with Crippen LogP contribution in [0.15, 0.2) is 0 Å². The van der Waals surface area contributed by atoms with Gasteiger partial charge in [0.15, 0.2) is 0 Å². The lowest BCUT2D eigenvalue weighted by atomic mass is 10.4. The zero-order chi connectivity index (χ0) is 11.8. The van der Waals surface area contributed by atoms with Gasteiger partial charge in [0.2, 0.25) is 5.91 Å². The minimum Gasteiger partial charge on any atom is -0.481 e. The number of aliphatic carboxylic acids is 1. The standard InChI is InChI=1S/C8H14N2O4S/c1-5(2)9-8(14)10-6(11)3-15-4-7(12)13/h5H,3-4H2,1-2H3,(H,12,13)(H2,9,10,11,14). The third-order valence-corrected chi connectivity index (χ3v) is 2.05. The van der Waals surface area contributed by atoms with E-state index in [1.807, 2.05) is 0 Å². The van der Waals surface area contributed by atoms with Gasteiger partial charge in [-0.1, -0.05) is 0 Å². The number of carboxylic acid groups (broad SMARTS) is 1. The number of imide groups is 1. The van der Waals surface area contributed by atoms with Crippen LogP contribution in [0.5, 0.6) is 0 Å². The van der Waals surface area contributed by atoms with Gasteiger partial charge in [0, 0.05) is 6.04 Å². The summed E-state index contributed by atoms with van der Waals surface area (Å²) in [6.07, 6.45) is 0. The summed E-state index contributed by atoms with van der Waals surface area (Å²) in [6.45, 7) is 3.53. The molecule has 0 spiro atoms. The molecule has 0 fully saturated rings. The maximum absolute atomic E-state index is 11.0.